The summed E-state index contributed by atoms with van der Waals surface area (Å²) < 4.78 is 11.0. The van der Waals surface area contributed by atoms with Gasteiger partial charge in [-0.2, -0.15) is 0 Å². The molecular weight excluding hydrogens is 372 g/mol. The number of ether oxygens (including phenoxy) is 1. The number of phenols is 1. The number of methoxy groups -OCH3 is 1. The van der Waals surface area contributed by atoms with E-state index in [-0.39, 0.29) is 11.3 Å². The second kappa shape index (κ2) is 7.47. The van der Waals surface area contributed by atoms with Crippen LogP contribution in [0.4, 0.5) is 5.69 Å². The molecule has 0 fully saturated rings. The summed E-state index contributed by atoms with van der Waals surface area (Å²) in [4.78, 5) is 19.9. The van der Waals surface area contributed by atoms with Crippen molar-refractivity contribution in [1.82, 2.24) is 4.98 Å². The number of carboxylic acids is 1. The number of aromatic nitrogens is 1. The zero-order valence-electron chi connectivity index (χ0n) is 15.4. The van der Waals surface area contributed by atoms with Crippen molar-refractivity contribution >= 4 is 29.0 Å². The molecule has 7 nitrogen and oxygen atoms in total. The number of carbonyl (C=O) groups is 1. The number of nitrogens with zero attached hydrogens (tertiary/aromatic N) is 2. The van der Waals surface area contributed by atoms with Crippen LogP contribution in [-0.4, -0.2) is 34.5 Å². The number of aromatic hydroxyl groups is 1. The Balaban J connectivity index is 1.63. The Kier molecular flexibility index (Phi) is 4.70. The summed E-state index contributed by atoms with van der Waals surface area (Å²) in [5.74, 6) is 0.102. The fraction of sp³-hybridized carbons (Fsp3) is 0.0455. The number of carboxylic acid groups (broad SMARTS) is 1. The fourth-order valence-corrected chi connectivity index (χ4v) is 2.79. The number of rotatable bonds is 5. The maximum absolute atomic E-state index is 11.1. The third kappa shape index (κ3) is 3.79. The first-order valence-electron chi connectivity index (χ1n) is 8.69. The second-order valence-electron chi connectivity index (χ2n) is 6.24. The summed E-state index contributed by atoms with van der Waals surface area (Å²) in [5, 5.41) is 19.0. The van der Waals surface area contributed by atoms with Gasteiger partial charge in [-0.25, -0.2) is 9.78 Å². The number of benzene rings is 3. The molecule has 1 aromatic heterocycles. The SMILES string of the molecule is COc1ccc(-c2nc3cc(N=Cc4cc(C(=O)O)ccc4O)ccc3o2)cc1. The Labute approximate surface area is 165 Å². The van der Waals surface area contributed by atoms with E-state index in [2.05, 4.69) is 9.98 Å². The Hall–Kier alpha value is -4.13. The number of oxazole rings is 1. The molecule has 0 aliphatic carbocycles. The van der Waals surface area contributed by atoms with Gasteiger partial charge in [0.25, 0.3) is 0 Å². The lowest BCUT2D eigenvalue weighted by atomic mass is 10.1. The van der Waals surface area contributed by atoms with Gasteiger partial charge in [0.15, 0.2) is 5.58 Å². The molecule has 0 atom stereocenters. The van der Waals surface area contributed by atoms with Crippen LogP contribution in [0.15, 0.2) is 70.1 Å². The van der Waals surface area contributed by atoms with Gasteiger partial charge in [-0.1, -0.05) is 0 Å². The van der Waals surface area contributed by atoms with Crippen LogP contribution in [0.1, 0.15) is 15.9 Å². The van der Waals surface area contributed by atoms with E-state index in [1.54, 1.807) is 25.3 Å². The maximum atomic E-state index is 11.1. The second-order valence-corrected chi connectivity index (χ2v) is 6.24. The molecule has 4 rings (SSSR count). The van der Waals surface area contributed by atoms with Gasteiger partial charge in [-0.3, -0.25) is 4.99 Å². The molecule has 0 spiro atoms. The van der Waals surface area contributed by atoms with Crippen molar-refractivity contribution in [1.29, 1.82) is 0 Å². The zero-order chi connectivity index (χ0) is 20.4. The minimum absolute atomic E-state index is 0.0527. The summed E-state index contributed by atoms with van der Waals surface area (Å²) in [5.41, 5.74) is 3.04. The largest absolute Gasteiger partial charge is 0.507 e. The number of fused-ring (bicyclic) bond motifs is 1. The molecular formula is C22H16N2O5. The summed E-state index contributed by atoms with van der Waals surface area (Å²) >= 11 is 0. The van der Waals surface area contributed by atoms with Gasteiger partial charge >= 0.3 is 5.97 Å². The predicted octanol–water partition coefficient (Wildman–Crippen LogP) is 4.66. The zero-order valence-corrected chi connectivity index (χ0v) is 15.4. The highest BCUT2D eigenvalue weighted by Crippen LogP contribution is 2.28. The molecule has 144 valence electrons. The first-order chi connectivity index (χ1) is 14.0. The van der Waals surface area contributed by atoms with Crippen LogP contribution >= 0.6 is 0 Å². The molecule has 4 aromatic rings. The molecule has 3 aromatic carbocycles. The highest BCUT2D eigenvalue weighted by Gasteiger charge is 2.10. The smallest absolute Gasteiger partial charge is 0.335 e. The molecule has 0 unspecified atom stereocenters. The Morgan fingerprint density at radius 2 is 1.90 bits per heavy atom. The lowest BCUT2D eigenvalue weighted by Crippen LogP contribution is -1.97. The van der Waals surface area contributed by atoms with Crippen molar-refractivity contribution in [3.63, 3.8) is 0 Å². The van der Waals surface area contributed by atoms with Crippen molar-refractivity contribution in [3.05, 3.63) is 71.8 Å². The van der Waals surface area contributed by atoms with Crippen LogP contribution < -0.4 is 4.74 Å². The minimum Gasteiger partial charge on any atom is -0.507 e. The number of phenolic OH excluding ortho intramolecular Hbond substituents is 1. The van der Waals surface area contributed by atoms with Gasteiger partial charge < -0.3 is 19.4 Å². The topological polar surface area (TPSA) is 105 Å². The lowest BCUT2D eigenvalue weighted by molar-refractivity contribution is 0.0697. The highest BCUT2D eigenvalue weighted by atomic mass is 16.5. The van der Waals surface area contributed by atoms with E-state index in [0.717, 1.165) is 11.3 Å². The van der Waals surface area contributed by atoms with Crippen molar-refractivity contribution in [2.75, 3.05) is 7.11 Å². The van der Waals surface area contributed by atoms with Crippen LogP contribution in [-0.2, 0) is 0 Å². The van der Waals surface area contributed by atoms with Crippen molar-refractivity contribution < 1.29 is 24.2 Å². The van der Waals surface area contributed by atoms with Crippen molar-refractivity contribution in [2.24, 2.45) is 4.99 Å². The molecule has 29 heavy (non-hydrogen) atoms. The molecule has 7 heteroatoms. The average Bonchev–Trinajstić information content (AvgIpc) is 3.16. The average molecular weight is 388 g/mol. The van der Waals surface area contributed by atoms with Gasteiger partial charge in [0, 0.05) is 17.3 Å². The van der Waals surface area contributed by atoms with Gasteiger partial charge in [0.2, 0.25) is 5.89 Å². The van der Waals surface area contributed by atoms with E-state index in [1.807, 2.05) is 24.3 Å². The summed E-state index contributed by atoms with van der Waals surface area (Å²) in [6.07, 6.45) is 1.41. The van der Waals surface area contributed by atoms with E-state index in [9.17, 15) is 9.90 Å². The Morgan fingerprint density at radius 1 is 1.10 bits per heavy atom. The van der Waals surface area contributed by atoms with Crippen LogP contribution in [0.25, 0.3) is 22.6 Å². The van der Waals surface area contributed by atoms with E-state index in [1.165, 1.54) is 24.4 Å². The van der Waals surface area contributed by atoms with Gasteiger partial charge in [-0.05, 0) is 60.7 Å². The maximum Gasteiger partial charge on any atom is 0.335 e. The van der Waals surface area contributed by atoms with Crippen molar-refractivity contribution in [2.45, 2.75) is 0 Å². The fourth-order valence-electron chi connectivity index (χ4n) is 2.79. The molecule has 0 aliphatic heterocycles. The number of aliphatic imine (C=N–C) groups is 1. The standard InChI is InChI=1S/C22H16N2O5/c1-28-17-6-2-13(3-7-17)21-24-18-11-16(5-9-20(18)29-21)23-12-15-10-14(22(26)27)4-8-19(15)25/h2-12,25H,1H3,(H,26,27). The third-order valence-corrected chi connectivity index (χ3v) is 4.34. The van der Waals surface area contributed by atoms with E-state index >= 15 is 0 Å². The molecule has 0 saturated heterocycles. The van der Waals surface area contributed by atoms with Gasteiger partial charge in [-0.15, -0.1) is 0 Å². The molecule has 1 heterocycles. The van der Waals surface area contributed by atoms with E-state index in [4.69, 9.17) is 14.3 Å². The van der Waals surface area contributed by atoms with E-state index < -0.39 is 5.97 Å². The highest BCUT2D eigenvalue weighted by molar-refractivity contribution is 5.93. The molecule has 0 radical (unpaired) electrons. The lowest BCUT2D eigenvalue weighted by Gasteiger charge is -2.00. The predicted molar refractivity (Wildman–Crippen MR) is 108 cm³/mol. The first-order valence-corrected chi connectivity index (χ1v) is 8.69. The van der Waals surface area contributed by atoms with Gasteiger partial charge in [0.1, 0.15) is 17.0 Å². The van der Waals surface area contributed by atoms with Crippen LogP contribution in [0.5, 0.6) is 11.5 Å². The number of hydrogen-bond acceptors (Lipinski definition) is 6. The van der Waals surface area contributed by atoms with Crippen LogP contribution in [0.3, 0.4) is 0 Å². The third-order valence-electron chi connectivity index (χ3n) is 4.34. The van der Waals surface area contributed by atoms with E-state index in [0.29, 0.717) is 28.2 Å². The monoisotopic (exact) mass is 388 g/mol. The van der Waals surface area contributed by atoms with Crippen LogP contribution in [0.2, 0.25) is 0 Å². The molecule has 0 saturated carbocycles. The Bertz CT molecular complexity index is 1230. The first kappa shape index (κ1) is 18.2. The minimum atomic E-state index is -1.07. The quantitative estimate of drug-likeness (QED) is 0.482. The summed E-state index contributed by atoms with van der Waals surface area (Å²) in [6.45, 7) is 0. The molecule has 0 amide bonds. The normalized spacial score (nSPS) is 11.2. The number of aromatic carboxylic acids is 1. The van der Waals surface area contributed by atoms with Crippen LogP contribution in [0, 0.1) is 0 Å². The van der Waals surface area contributed by atoms with Gasteiger partial charge in [0.05, 0.1) is 18.4 Å². The van der Waals surface area contributed by atoms with Crippen molar-refractivity contribution in [3.8, 4) is 23.0 Å². The molecule has 0 bridgehead atoms. The Morgan fingerprint density at radius 3 is 2.62 bits per heavy atom. The molecule has 2 N–H and O–H groups in total. The summed E-state index contributed by atoms with van der Waals surface area (Å²) in [7, 11) is 1.61. The summed E-state index contributed by atoms with van der Waals surface area (Å²) in [6, 6.07) is 16.7. The molecule has 0 aliphatic rings. The number of hydrogen-bond donors (Lipinski definition) is 2.